The van der Waals surface area contributed by atoms with Crippen LogP contribution in [0.1, 0.15) is 12.1 Å². The average molecular weight is 568 g/mol. The molecule has 2 aromatic carbocycles. The summed E-state index contributed by atoms with van der Waals surface area (Å²) in [5, 5.41) is 11.8. The molecule has 0 saturated carbocycles. The van der Waals surface area contributed by atoms with Gasteiger partial charge in [-0.25, -0.2) is 17.9 Å². The highest BCUT2D eigenvalue weighted by atomic mass is 32.2. The van der Waals surface area contributed by atoms with Crippen molar-refractivity contribution in [2.75, 3.05) is 44.4 Å². The zero-order chi connectivity index (χ0) is 28.4. The van der Waals surface area contributed by atoms with Gasteiger partial charge in [-0.15, -0.1) is 0 Å². The lowest BCUT2D eigenvalue weighted by Crippen LogP contribution is -2.46. The number of anilines is 2. The Balaban J connectivity index is 1.61. The Morgan fingerprint density at radius 2 is 1.95 bits per heavy atom. The Kier molecular flexibility index (Phi) is 8.29. The predicted octanol–water partition coefficient (Wildman–Crippen LogP) is 3.78. The van der Waals surface area contributed by atoms with Crippen LogP contribution in [0.25, 0.3) is 10.9 Å². The van der Waals surface area contributed by atoms with E-state index < -0.39 is 35.0 Å². The largest absolute Gasteiger partial charge is 0.495 e. The van der Waals surface area contributed by atoms with Gasteiger partial charge >= 0.3 is 6.18 Å². The Morgan fingerprint density at radius 1 is 1.18 bits per heavy atom. The van der Waals surface area contributed by atoms with E-state index in [1.807, 2.05) is 11.9 Å². The smallest absolute Gasteiger partial charge is 0.406 e. The number of ether oxygens (including phenoxy) is 1. The molecule has 0 bridgehead atoms. The van der Waals surface area contributed by atoms with Gasteiger partial charge in [-0.3, -0.25) is 0 Å². The second-order valence-electron chi connectivity index (χ2n) is 9.35. The first-order valence-corrected chi connectivity index (χ1v) is 13.6. The molecule has 0 spiro atoms. The number of nitrogens with one attached hydrogen (secondary N) is 2. The molecule has 0 radical (unpaired) electrons. The van der Waals surface area contributed by atoms with E-state index in [-0.39, 0.29) is 29.4 Å². The molecule has 1 fully saturated rings. The van der Waals surface area contributed by atoms with Gasteiger partial charge in [-0.05, 0) is 49.7 Å². The molecule has 210 valence electrons. The van der Waals surface area contributed by atoms with Gasteiger partial charge in [-0.1, -0.05) is 12.0 Å². The Labute approximate surface area is 224 Å². The standard InChI is InChI=1S/C26H29F4N5O3S/c1-34-12-10-22(20(27)15-34)33-21-6-3-7-24-19(21)13-17(35(24)16-26(28,29)30)5-4-11-32-23-9-8-18(39(31,36)37)14-25(23)38-2/h3,6-9,13-14,20,22,32-33H,10-12,15-16H2,1-2H3,(H2,31,36,37)/t20-,22+/m1/s1. The van der Waals surface area contributed by atoms with Crippen LogP contribution >= 0.6 is 0 Å². The van der Waals surface area contributed by atoms with Gasteiger partial charge < -0.3 is 24.8 Å². The van der Waals surface area contributed by atoms with Crippen molar-refractivity contribution in [2.24, 2.45) is 5.14 Å². The number of methoxy groups -OCH3 is 1. The van der Waals surface area contributed by atoms with E-state index in [0.29, 0.717) is 35.2 Å². The molecular weight excluding hydrogens is 538 g/mol. The van der Waals surface area contributed by atoms with Gasteiger partial charge in [0.15, 0.2) is 0 Å². The molecule has 1 aliphatic heterocycles. The number of hydrogen-bond acceptors (Lipinski definition) is 6. The highest BCUT2D eigenvalue weighted by Gasteiger charge is 2.31. The first-order chi connectivity index (χ1) is 18.4. The van der Waals surface area contributed by atoms with Crippen LogP contribution in [0.15, 0.2) is 47.4 Å². The van der Waals surface area contributed by atoms with Gasteiger partial charge in [0.2, 0.25) is 10.0 Å². The summed E-state index contributed by atoms with van der Waals surface area (Å²) in [6, 6.07) is 10.1. The number of nitrogens with zero attached hydrogens (tertiary/aromatic N) is 2. The summed E-state index contributed by atoms with van der Waals surface area (Å²) < 4.78 is 84.5. The van der Waals surface area contributed by atoms with Crippen LogP contribution in [0.4, 0.5) is 28.9 Å². The van der Waals surface area contributed by atoms with E-state index >= 15 is 0 Å². The lowest BCUT2D eigenvalue weighted by molar-refractivity contribution is -0.140. The number of nitrogens with two attached hydrogens (primary N) is 1. The normalized spacial score (nSPS) is 18.4. The van der Waals surface area contributed by atoms with Crippen LogP contribution in [-0.4, -0.2) is 70.1 Å². The monoisotopic (exact) mass is 567 g/mol. The van der Waals surface area contributed by atoms with Crippen LogP contribution in [0.3, 0.4) is 0 Å². The molecule has 1 saturated heterocycles. The lowest BCUT2D eigenvalue weighted by atomic mass is 10.0. The number of benzene rings is 2. The molecule has 0 aliphatic carbocycles. The molecule has 2 atom stereocenters. The molecule has 3 aromatic rings. The fourth-order valence-corrected chi connectivity index (χ4v) is 5.08. The maximum atomic E-state index is 14.6. The predicted molar refractivity (Wildman–Crippen MR) is 142 cm³/mol. The summed E-state index contributed by atoms with van der Waals surface area (Å²) >= 11 is 0. The number of hydrogen-bond donors (Lipinski definition) is 3. The molecule has 39 heavy (non-hydrogen) atoms. The van der Waals surface area contributed by atoms with Crippen molar-refractivity contribution in [1.82, 2.24) is 9.47 Å². The number of sulfonamides is 1. The average Bonchev–Trinajstić information content (AvgIpc) is 3.19. The number of likely N-dealkylation sites (tertiary alicyclic amines) is 1. The minimum absolute atomic E-state index is 0.0306. The zero-order valence-corrected chi connectivity index (χ0v) is 22.2. The van der Waals surface area contributed by atoms with Crippen molar-refractivity contribution in [3.63, 3.8) is 0 Å². The minimum Gasteiger partial charge on any atom is -0.495 e. The molecule has 4 N–H and O–H groups in total. The number of alkyl halides is 4. The van der Waals surface area contributed by atoms with E-state index in [2.05, 4.69) is 22.5 Å². The van der Waals surface area contributed by atoms with E-state index in [0.717, 1.165) is 4.57 Å². The van der Waals surface area contributed by atoms with Crippen LogP contribution in [0, 0.1) is 11.8 Å². The molecule has 0 amide bonds. The number of fused-ring (bicyclic) bond motifs is 1. The summed E-state index contributed by atoms with van der Waals surface area (Å²) in [4.78, 5) is 1.77. The third-order valence-corrected chi connectivity index (χ3v) is 7.36. The third-order valence-electron chi connectivity index (χ3n) is 6.45. The number of aromatic nitrogens is 1. The maximum absolute atomic E-state index is 14.6. The molecule has 4 rings (SSSR count). The second kappa shape index (κ2) is 11.3. The van der Waals surface area contributed by atoms with Crippen LogP contribution in [-0.2, 0) is 16.6 Å². The molecular formula is C26H29F4N5O3S. The summed E-state index contributed by atoms with van der Waals surface area (Å²) in [6.45, 7) is -0.215. The van der Waals surface area contributed by atoms with Gasteiger partial charge in [0, 0.05) is 30.2 Å². The van der Waals surface area contributed by atoms with Crippen molar-refractivity contribution in [2.45, 2.75) is 36.3 Å². The van der Waals surface area contributed by atoms with Gasteiger partial charge in [0.1, 0.15) is 18.5 Å². The summed E-state index contributed by atoms with van der Waals surface area (Å²) in [7, 11) is -0.721. The Morgan fingerprint density at radius 3 is 2.62 bits per heavy atom. The molecule has 8 nitrogen and oxygen atoms in total. The SMILES string of the molecule is COc1cc(S(N)(=O)=O)ccc1NCC#Cc1cc2c(N[C@H]3CCN(C)C[C@H]3F)cccc2n1CC(F)(F)F. The van der Waals surface area contributed by atoms with Gasteiger partial charge in [0.05, 0.1) is 41.5 Å². The lowest BCUT2D eigenvalue weighted by Gasteiger charge is -2.33. The first kappa shape index (κ1) is 28.5. The number of halogens is 4. The van der Waals surface area contributed by atoms with E-state index in [1.165, 1.54) is 25.3 Å². The van der Waals surface area contributed by atoms with E-state index in [1.54, 1.807) is 24.3 Å². The van der Waals surface area contributed by atoms with Crippen molar-refractivity contribution < 1.29 is 30.7 Å². The minimum atomic E-state index is -4.49. The molecule has 0 unspecified atom stereocenters. The van der Waals surface area contributed by atoms with Crippen molar-refractivity contribution in [1.29, 1.82) is 0 Å². The first-order valence-electron chi connectivity index (χ1n) is 12.1. The second-order valence-corrected chi connectivity index (χ2v) is 10.9. The number of piperidine rings is 1. The number of primary sulfonamides is 1. The fourth-order valence-electron chi connectivity index (χ4n) is 4.55. The number of rotatable bonds is 7. The van der Waals surface area contributed by atoms with E-state index in [9.17, 15) is 26.0 Å². The molecule has 1 aliphatic rings. The summed E-state index contributed by atoms with van der Waals surface area (Å²) in [5.74, 6) is 5.83. The van der Waals surface area contributed by atoms with Crippen LogP contribution in [0.2, 0.25) is 0 Å². The van der Waals surface area contributed by atoms with Gasteiger partial charge in [-0.2, -0.15) is 13.2 Å². The van der Waals surface area contributed by atoms with Crippen molar-refractivity contribution >= 4 is 32.3 Å². The Bertz CT molecular complexity index is 1510. The topological polar surface area (TPSA) is 102 Å². The van der Waals surface area contributed by atoms with Crippen LogP contribution in [0.5, 0.6) is 5.75 Å². The maximum Gasteiger partial charge on any atom is 0.406 e. The highest BCUT2D eigenvalue weighted by Crippen LogP contribution is 2.32. The third kappa shape index (κ3) is 6.95. The quantitative estimate of drug-likeness (QED) is 0.297. The van der Waals surface area contributed by atoms with Crippen LogP contribution < -0.4 is 20.5 Å². The van der Waals surface area contributed by atoms with Gasteiger partial charge in [0.25, 0.3) is 0 Å². The summed E-state index contributed by atoms with van der Waals surface area (Å²) in [5.41, 5.74) is 1.46. The zero-order valence-electron chi connectivity index (χ0n) is 21.3. The van der Waals surface area contributed by atoms with Crippen molar-refractivity contribution in [3.05, 3.63) is 48.2 Å². The molecule has 1 aromatic heterocycles. The fraction of sp³-hybridized carbons (Fsp3) is 0.385. The molecule has 13 heteroatoms. The van der Waals surface area contributed by atoms with Crippen molar-refractivity contribution in [3.8, 4) is 17.6 Å². The molecule has 2 heterocycles. The highest BCUT2D eigenvalue weighted by molar-refractivity contribution is 7.89. The van der Waals surface area contributed by atoms with E-state index in [4.69, 9.17) is 9.88 Å². The summed E-state index contributed by atoms with van der Waals surface area (Å²) in [6.07, 6.45) is -5.03. The Hall–Kier alpha value is -3.47.